The maximum absolute atomic E-state index is 11.9. The zero-order chi connectivity index (χ0) is 19.7. The van der Waals surface area contributed by atoms with E-state index in [1.165, 1.54) is 17.5 Å². The predicted octanol–water partition coefficient (Wildman–Crippen LogP) is 2.67. The topological polar surface area (TPSA) is 64.5 Å². The Morgan fingerprint density at radius 3 is 2.61 bits per heavy atom. The second kappa shape index (κ2) is 7.96. The number of likely N-dealkylation sites (N-methyl/N-ethyl adjacent to an activating group) is 1. The molecule has 4 N–H and O–H groups in total. The Kier molecular flexibility index (Phi) is 5.57. The Labute approximate surface area is 168 Å². The van der Waals surface area contributed by atoms with Crippen LogP contribution in [0.2, 0.25) is 0 Å². The third kappa shape index (κ3) is 3.29. The van der Waals surface area contributed by atoms with Gasteiger partial charge in [-0.15, -0.1) is 0 Å². The second-order valence-corrected chi connectivity index (χ2v) is 8.45. The first-order chi connectivity index (χ1) is 13.6. The van der Waals surface area contributed by atoms with Gasteiger partial charge in [0.2, 0.25) is 0 Å². The summed E-state index contributed by atoms with van der Waals surface area (Å²) in [5.74, 6) is 0.435. The van der Waals surface area contributed by atoms with Crippen LogP contribution in [0.15, 0.2) is 48.5 Å². The third-order valence-electron chi connectivity index (χ3n) is 6.69. The van der Waals surface area contributed by atoms with E-state index < -0.39 is 5.60 Å². The van der Waals surface area contributed by atoms with Crippen molar-refractivity contribution < 1.29 is 10.2 Å². The molecule has 150 valence electrons. The minimum atomic E-state index is -1.01. The van der Waals surface area contributed by atoms with Gasteiger partial charge in [0.25, 0.3) is 0 Å². The van der Waals surface area contributed by atoms with Crippen LogP contribution in [0.25, 0.3) is 0 Å². The summed E-state index contributed by atoms with van der Waals surface area (Å²) in [4.78, 5) is 0. The van der Waals surface area contributed by atoms with Gasteiger partial charge in [0, 0.05) is 18.6 Å². The molecule has 0 aromatic heterocycles. The number of hydrogen-bond donors (Lipinski definition) is 4. The maximum atomic E-state index is 11.9. The molecule has 2 aliphatic carbocycles. The highest BCUT2D eigenvalue weighted by Gasteiger charge is 2.47. The van der Waals surface area contributed by atoms with Crippen molar-refractivity contribution in [2.24, 2.45) is 0 Å². The largest absolute Gasteiger partial charge is 0.392 e. The molecule has 0 radical (unpaired) electrons. The van der Waals surface area contributed by atoms with Crippen LogP contribution in [0.4, 0.5) is 0 Å². The van der Waals surface area contributed by atoms with Crippen molar-refractivity contribution in [2.45, 2.75) is 62.3 Å². The second-order valence-electron chi connectivity index (χ2n) is 8.45. The standard InChI is InChI=1S/C24H32N2O2/c1-16(27)15-26-22-13-7-11-19(22)18-10-6-12-21-20(18)14-23(25-2)24(21,28)17-8-4-3-5-9-17/h3-6,8-10,12,16,19,22-23,25-28H,7,11,13-15H2,1-2H3/t16-,19?,22?,23-,24+/m1/s1. The van der Waals surface area contributed by atoms with Crippen LogP contribution in [0.1, 0.15) is 54.4 Å². The molecule has 0 heterocycles. The zero-order valence-corrected chi connectivity index (χ0v) is 16.9. The first kappa shape index (κ1) is 19.6. The SMILES string of the molecule is CN[C@@H]1Cc2c(C3CCCC3NC[C@@H](C)O)cccc2[C@@]1(O)c1ccccc1. The summed E-state index contributed by atoms with van der Waals surface area (Å²) in [5.41, 5.74) is 3.63. The van der Waals surface area contributed by atoms with Gasteiger partial charge < -0.3 is 20.8 Å². The smallest absolute Gasteiger partial charge is 0.130 e. The molecule has 4 nitrogen and oxygen atoms in total. The Balaban J connectivity index is 1.73. The Morgan fingerprint density at radius 2 is 1.89 bits per heavy atom. The average molecular weight is 381 g/mol. The molecular weight excluding hydrogens is 348 g/mol. The van der Waals surface area contributed by atoms with Crippen LogP contribution in [-0.4, -0.2) is 42.0 Å². The molecule has 0 bridgehead atoms. The number of aliphatic hydroxyl groups excluding tert-OH is 1. The van der Waals surface area contributed by atoms with E-state index >= 15 is 0 Å². The molecule has 4 heteroatoms. The number of nitrogens with one attached hydrogen (secondary N) is 2. The van der Waals surface area contributed by atoms with Crippen LogP contribution in [0.5, 0.6) is 0 Å². The summed E-state index contributed by atoms with van der Waals surface area (Å²) in [6, 6.07) is 16.8. The minimum absolute atomic E-state index is 0.0451. The van der Waals surface area contributed by atoms with Crippen LogP contribution in [0, 0.1) is 0 Å². The summed E-state index contributed by atoms with van der Waals surface area (Å²) in [5, 5.41) is 28.5. The van der Waals surface area contributed by atoms with E-state index in [2.05, 4.69) is 28.8 Å². The van der Waals surface area contributed by atoms with Gasteiger partial charge in [-0.1, -0.05) is 55.0 Å². The van der Waals surface area contributed by atoms with Gasteiger partial charge >= 0.3 is 0 Å². The number of hydrogen-bond acceptors (Lipinski definition) is 4. The van der Waals surface area contributed by atoms with E-state index in [1.807, 2.05) is 44.3 Å². The molecule has 0 amide bonds. The molecule has 4 rings (SSSR count). The number of benzene rings is 2. The minimum Gasteiger partial charge on any atom is -0.392 e. The van der Waals surface area contributed by atoms with E-state index in [9.17, 15) is 10.2 Å². The average Bonchev–Trinajstić information content (AvgIpc) is 3.30. The lowest BCUT2D eigenvalue weighted by Gasteiger charge is -2.31. The van der Waals surface area contributed by atoms with Crippen molar-refractivity contribution in [3.05, 3.63) is 70.8 Å². The molecule has 2 aromatic carbocycles. The fraction of sp³-hybridized carbons (Fsp3) is 0.500. The molecular formula is C24H32N2O2. The maximum Gasteiger partial charge on any atom is 0.130 e. The highest BCUT2D eigenvalue weighted by molar-refractivity contribution is 5.52. The summed E-state index contributed by atoms with van der Waals surface area (Å²) in [6.07, 6.45) is 3.98. The molecule has 1 fully saturated rings. The van der Waals surface area contributed by atoms with Gasteiger partial charge in [-0.05, 0) is 61.4 Å². The Bertz CT molecular complexity index is 808. The Hall–Kier alpha value is -1.72. The molecule has 0 spiro atoms. The normalized spacial score (nSPS) is 30.4. The molecule has 2 aromatic rings. The van der Waals surface area contributed by atoms with E-state index in [0.29, 0.717) is 18.5 Å². The van der Waals surface area contributed by atoms with Crippen LogP contribution in [0.3, 0.4) is 0 Å². The van der Waals surface area contributed by atoms with Gasteiger partial charge in [-0.25, -0.2) is 0 Å². The van der Waals surface area contributed by atoms with E-state index in [1.54, 1.807) is 0 Å². The van der Waals surface area contributed by atoms with Crippen molar-refractivity contribution in [3.8, 4) is 0 Å². The molecule has 28 heavy (non-hydrogen) atoms. The highest BCUT2D eigenvalue weighted by atomic mass is 16.3. The molecule has 0 aliphatic heterocycles. The van der Waals surface area contributed by atoms with E-state index in [-0.39, 0.29) is 12.1 Å². The van der Waals surface area contributed by atoms with Crippen LogP contribution in [-0.2, 0) is 12.0 Å². The van der Waals surface area contributed by atoms with E-state index in [0.717, 1.165) is 30.4 Å². The lowest BCUT2D eigenvalue weighted by atomic mass is 9.83. The van der Waals surface area contributed by atoms with Crippen molar-refractivity contribution in [3.63, 3.8) is 0 Å². The third-order valence-corrected chi connectivity index (χ3v) is 6.69. The summed E-state index contributed by atoms with van der Waals surface area (Å²) in [7, 11) is 1.94. The monoisotopic (exact) mass is 380 g/mol. The van der Waals surface area contributed by atoms with E-state index in [4.69, 9.17) is 0 Å². The summed E-state index contributed by atoms with van der Waals surface area (Å²) >= 11 is 0. The van der Waals surface area contributed by atoms with Crippen molar-refractivity contribution >= 4 is 0 Å². The van der Waals surface area contributed by atoms with Crippen LogP contribution >= 0.6 is 0 Å². The van der Waals surface area contributed by atoms with Crippen molar-refractivity contribution in [1.82, 2.24) is 10.6 Å². The number of fused-ring (bicyclic) bond motifs is 1. The molecule has 5 atom stereocenters. The first-order valence-corrected chi connectivity index (χ1v) is 10.5. The molecule has 2 aliphatic rings. The van der Waals surface area contributed by atoms with Crippen LogP contribution < -0.4 is 10.6 Å². The highest BCUT2D eigenvalue weighted by Crippen LogP contribution is 2.47. The van der Waals surface area contributed by atoms with Gasteiger partial charge in [0.15, 0.2) is 0 Å². The Morgan fingerprint density at radius 1 is 1.11 bits per heavy atom. The summed E-state index contributed by atoms with van der Waals surface area (Å²) < 4.78 is 0. The zero-order valence-electron chi connectivity index (χ0n) is 16.9. The molecule has 2 unspecified atom stereocenters. The molecule has 1 saturated carbocycles. The quantitative estimate of drug-likeness (QED) is 0.622. The fourth-order valence-corrected chi connectivity index (χ4v) is 5.33. The van der Waals surface area contributed by atoms with Crippen molar-refractivity contribution in [2.75, 3.05) is 13.6 Å². The van der Waals surface area contributed by atoms with Gasteiger partial charge in [0.1, 0.15) is 5.60 Å². The summed E-state index contributed by atoms with van der Waals surface area (Å²) in [6.45, 7) is 2.46. The predicted molar refractivity (Wildman–Crippen MR) is 112 cm³/mol. The molecule has 0 saturated heterocycles. The number of rotatable bonds is 6. The number of aliphatic hydroxyl groups is 2. The van der Waals surface area contributed by atoms with Crippen molar-refractivity contribution in [1.29, 1.82) is 0 Å². The lowest BCUT2D eigenvalue weighted by molar-refractivity contribution is 0.0529. The van der Waals surface area contributed by atoms with Gasteiger partial charge in [0.05, 0.1) is 6.10 Å². The fourth-order valence-electron chi connectivity index (χ4n) is 5.33. The first-order valence-electron chi connectivity index (χ1n) is 10.5. The van der Waals surface area contributed by atoms with Gasteiger partial charge in [-0.2, -0.15) is 0 Å². The lowest BCUT2D eigenvalue weighted by Crippen LogP contribution is -2.45. The van der Waals surface area contributed by atoms with Gasteiger partial charge in [-0.3, -0.25) is 0 Å².